The third kappa shape index (κ3) is 5.19. The Bertz CT molecular complexity index is 694. The van der Waals surface area contributed by atoms with E-state index in [9.17, 15) is 14.3 Å². The predicted molar refractivity (Wildman–Crippen MR) is 93.9 cm³/mol. The second kappa shape index (κ2) is 9.03. The molecule has 134 valence electrons. The number of urea groups is 1. The largest absolute Gasteiger partial charge is 0.494 e. The van der Waals surface area contributed by atoms with Gasteiger partial charge in [-0.15, -0.1) is 0 Å². The molecular weight excluding hydrogens is 323 g/mol. The molecule has 1 unspecified atom stereocenters. The van der Waals surface area contributed by atoms with Crippen molar-refractivity contribution in [2.75, 3.05) is 13.7 Å². The SMILES string of the molecule is COc1ccc(C(C)NC(=O)N[C@H](CCO)c2ccccc2)cc1F. The molecule has 3 N–H and O–H groups in total. The van der Waals surface area contributed by atoms with E-state index in [0.717, 1.165) is 5.56 Å². The maximum Gasteiger partial charge on any atom is 0.315 e. The van der Waals surface area contributed by atoms with Crippen LogP contribution in [0.4, 0.5) is 9.18 Å². The summed E-state index contributed by atoms with van der Waals surface area (Å²) in [4.78, 5) is 12.3. The van der Waals surface area contributed by atoms with Crippen LogP contribution in [0.15, 0.2) is 48.5 Å². The molecule has 2 amide bonds. The zero-order valence-electron chi connectivity index (χ0n) is 14.3. The first-order chi connectivity index (χ1) is 12.0. The van der Waals surface area contributed by atoms with E-state index in [4.69, 9.17) is 4.74 Å². The molecule has 2 atom stereocenters. The summed E-state index contributed by atoms with van der Waals surface area (Å²) in [6, 6.07) is 12.9. The summed E-state index contributed by atoms with van der Waals surface area (Å²) in [6.07, 6.45) is 0.406. The Hall–Kier alpha value is -2.60. The molecule has 6 heteroatoms. The van der Waals surface area contributed by atoms with Gasteiger partial charge in [0.05, 0.1) is 19.2 Å². The number of methoxy groups -OCH3 is 1. The summed E-state index contributed by atoms with van der Waals surface area (Å²) >= 11 is 0. The highest BCUT2D eigenvalue weighted by atomic mass is 19.1. The molecule has 2 aromatic carbocycles. The molecule has 5 nitrogen and oxygen atoms in total. The summed E-state index contributed by atoms with van der Waals surface area (Å²) in [5.74, 6) is -0.316. The van der Waals surface area contributed by atoms with Crippen molar-refractivity contribution in [1.82, 2.24) is 10.6 Å². The van der Waals surface area contributed by atoms with Crippen LogP contribution in [0, 0.1) is 5.82 Å². The first-order valence-electron chi connectivity index (χ1n) is 8.11. The average molecular weight is 346 g/mol. The number of carbonyl (C=O) groups excluding carboxylic acids is 1. The molecule has 0 heterocycles. The monoisotopic (exact) mass is 346 g/mol. The van der Waals surface area contributed by atoms with Crippen molar-refractivity contribution in [2.24, 2.45) is 0 Å². The number of benzene rings is 2. The lowest BCUT2D eigenvalue weighted by atomic mass is 10.0. The van der Waals surface area contributed by atoms with E-state index in [2.05, 4.69) is 10.6 Å². The fraction of sp³-hybridized carbons (Fsp3) is 0.316. The van der Waals surface area contributed by atoms with E-state index < -0.39 is 5.82 Å². The van der Waals surface area contributed by atoms with Crippen molar-refractivity contribution in [3.63, 3.8) is 0 Å². The Labute approximate surface area is 146 Å². The Morgan fingerprint density at radius 1 is 1.16 bits per heavy atom. The lowest BCUT2D eigenvalue weighted by molar-refractivity contribution is 0.226. The normalized spacial score (nSPS) is 13.0. The topological polar surface area (TPSA) is 70.6 Å². The summed E-state index contributed by atoms with van der Waals surface area (Å²) in [7, 11) is 1.40. The maximum atomic E-state index is 13.8. The first kappa shape index (κ1) is 18.7. The molecular formula is C19H23FN2O3. The number of nitrogens with one attached hydrogen (secondary N) is 2. The molecule has 0 radical (unpaired) electrons. The Kier molecular flexibility index (Phi) is 6.77. The number of hydrogen-bond acceptors (Lipinski definition) is 3. The molecule has 2 aromatic rings. The van der Waals surface area contributed by atoms with Gasteiger partial charge in [-0.3, -0.25) is 0 Å². The number of ether oxygens (including phenoxy) is 1. The van der Waals surface area contributed by atoms with Crippen molar-refractivity contribution >= 4 is 6.03 Å². The first-order valence-corrected chi connectivity index (χ1v) is 8.11. The van der Waals surface area contributed by atoms with Crippen LogP contribution in [0.1, 0.15) is 36.6 Å². The summed E-state index contributed by atoms with van der Waals surface area (Å²) < 4.78 is 18.7. The molecule has 2 rings (SSSR count). The van der Waals surface area contributed by atoms with Crippen LogP contribution in [-0.4, -0.2) is 24.9 Å². The van der Waals surface area contributed by atoms with E-state index in [1.165, 1.54) is 19.2 Å². The van der Waals surface area contributed by atoms with Crippen molar-refractivity contribution in [3.05, 3.63) is 65.5 Å². The fourth-order valence-corrected chi connectivity index (χ4v) is 2.57. The Balaban J connectivity index is 2.01. The van der Waals surface area contributed by atoms with Crippen molar-refractivity contribution < 1.29 is 19.0 Å². The third-order valence-corrected chi connectivity index (χ3v) is 3.95. The van der Waals surface area contributed by atoms with Crippen LogP contribution >= 0.6 is 0 Å². The van der Waals surface area contributed by atoms with E-state index in [-0.39, 0.29) is 30.5 Å². The Morgan fingerprint density at radius 2 is 1.88 bits per heavy atom. The van der Waals surface area contributed by atoms with Crippen LogP contribution in [0.25, 0.3) is 0 Å². The van der Waals surface area contributed by atoms with Gasteiger partial charge in [0.1, 0.15) is 0 Å². The van der Waals surface area contributed by atoms with Crippen LogP contribution < -0.4 is 15.4 Å². The third-order valence-electron chi connectivity index (χ3n) is 3.95. The van der Waals surface area contributed by atoms with Crippen molar-refractivity contribution in [2.45, 2.75) is 25.4 Å². The molecule has 0 fully saturated rings. The van der Waals surface area contributed by atoms with Crippen molar-refractivity contribution in [3.8, 4) is 5.75 Å². The predicted octanol–water partition coefficient (Wildman–Crippen LogP) is 3.32. The standard InChI is InChI=1S/C19H23FN2O3/c1-13(15-8-9-18(25-2)16(20)12-15)21-19(24)22-17(10-11-23)14-6-4-3-5-7-14/h3-9,12-13,17,23H,10-11H2,1-2H3,(H2,21,22,24)/t13?,17-/m1/s1. The zero-order chi connectivity index (χ0) is 18.2. The van der Waals surface area contributed by atoms with Gasteiger partial charge in [-0.2, -0.15) is 0 Å². The average Bonchev–Trinajstić information content (AvgIpc) is 2.62. The van der Waals surface area contributed by atoms with E-state index in [1.54, 1.807) is 13.0 Å². The van der Waals surface area contributed by atoms with Gasteiger partial charge >= 0.3 is 6.03 Å². The molecule has 0 aliphatic rings. The molecule has 0 bridgehead atoms. The molecule has 0 saturated carbocycles. The van der Waals surface area contributed by atoms with Gasteiger partial charge in [-0.25, -0.2) is 9.18 Å². The molecule has 0 spiro atoms. The lowest BCUT2D eigenvalue weighted by Crippen LogP contribution is -2.39. The van der Waals surface area contributed by atoms with Crippen LogP contribution in [0.5, 0.6) is 5.75 Å². The summed E-state index contributed by atoms with van der Waals surface area (Å²) in [5.41, 5.74) is 1.54. The van der Waals surface area contributed by atoms with E-state index in [1.807, 2.05) is 30.3 Å². The minimum absolute atomic E-state index is 0.0426. The number of amides is 2. The molecule has 0 aliphatic carbocycles. The molecule has 0 aliphatic heterocycles. The van der Waals surface area contributed by atoms with Crippen LogP contribution in [0.2, 0.25) is 0 Å². The van der Waals surface area contributed by atoms with E-state index in [0.29, 0.717) is 12.0 Å². The molecule has 0 saturated heterocycles. The molecule has 25 heavy (non-hydrogen) atoms. The summed E-state index contributed by atoms with van der Waals surface area (Å²) in [5, 5.41) is 14.8. The quantitative estimate of drug-likeness (QED) is 0.720. The highest BCUT2D eigenvalue weighted by Crippen LogP contribution is 2.22. The van der Waals surface area contributed by atoms with Gasteiger partial charge in [-0.05, 0) is 36.6 Å². The number of hydrogen-bond donors (Lipinski definition) is 3. The number of rotatable bonds is 7. The van der Waals surface area contributed by atoms with Gasteiger partial charge in [0, 0.05) is 6.61 Å². The minimum atomic E-state index is -0.475. The number of halogens is 1. The molecule has 0 aromatic heterocycles. The highest BCUT2D eigenvalue weighted by molar-refractivity contribution is 5.75. The Morgan fingerprint density at radius 3 is 2.48 bits per heavy atom. The smallest absolute Gasteiger partial charge is 0.315 e. The van der Waals surface area contributed by atoms with Gasteiger partial charge in [0.2, 0.25) is 0 Å². The number of aliphatic hydroxyl groups excluding tert-OH is 1. The minimum Gasteiger partial charge on any atom is -0.494 e. The van der Waals surface area contributed by atoms with Crippen LogP contribution in [-0.2, 0) is 0 Å². The fourth-order valence-electron chi connectivity index (χ4n) is 2.57. The second-order valence-electron chi connectivity index (χ2n) is 5.71. The summed E-state index contributed by atoms with van der Waals surface area (Å²) in [6.45, 7) is 1.73. The lowest BCUT2D eigenvalue weighted by Gasteiger charge is -2.21. The zero-order valence-corrected chi connectivity index (χ0v) is 14.3. The second-order valence-corrected chi connectivity index (χ2v) is 5.71. The van der Waals surface area contributed by atoms with Gasteiger partial charge in [0.15, 0.2) is 11.6 Å². The van der Waals surface area contributed by atoms with Crippen LogP contribution in [0.3, 0.4) is 0 Å². The van der Waals surface area contributed by atoms with Gasteiger partial charge < -0.3 is 20.5 Å². The number of carbonyl (C=O) groups is 1. The highest BCUT2D eigenvalue weighted by Gasteiger charge is 2.17. The van der Waals surface area contributed by atoms with E-state index >= 15 is 0 Å². The maximum absolute atomic E-state index is 13.8. The van der Waals surface area contributed by atoms with Crippen molar-refractivity contribution in [1.29, 1.82) is 0 Å². The number of aliphatic hydroxyl groups is 1. The van der Waals surface area contributed by atoms with Gasteiger partial charge in [-0.1, -0.05) is 36.4 Å². The van der Waals surface area contributed by atoms with Gasteiger partial charge in [0.25, 0.3) is 0 Å².